The molecule has 1 fully saturated rings. The molecule has 1 unspecified atom stereocenters. The van der Waals surface area contributed by atoms with Gasteiger partial charge in [-0.15, -0.1) is 0 Å². The van der Waals surface area contributed by atoms with Crippen LogP contribution in [0.3, 0.4) is 0 Å². The average Bonchev–Trinajstić information content (AvgIpc) is 2.42. The smallest absolute Gasteiger partial charge is 0.330 e. The predicted molar refractivity (Wildman–Crippen MR) is 69.0 cm³/mol. The first kappa shape index (κ1) is 14.0. The van der Waals surface area contributed by atoms with E-state index >= 15 is 0 Å². The molecule has 2 rings (SSSR count). The summed E-state index contributed by atoms with van der Waals surface area (Å²) in [6.07, 6.45) is -0.197. The second kappa shape index (κ2) is 5.68. The van der Waals surface area contributed by atoms with Gasteiger partial charge in [0.15, 0.2) is 0 Å². The van der Waals surface area contributed by atoms with Gasteiger partial charge in [-0.25, -0.2) is 4.79 Å². The number of aliphatic hydroxyl groups is 1. The summed E-state index contributed by atoms with van der Waals surface area (Å²) in [7, 11) is 3.12. The summed E-state index contributed by atoms with van der Waals surface area (Å²) in [6, 6.07) is 1.48. The molecule has 0 spiro atoms. The molecule has 1 atom stereocenters. The van der Waals surface area contributed by atoms with Crippen LogP contribution in [0, 0.1) is 0 Å². The van der Waals surface area contributed by atoms with E-state index in [1.165, 1.54) is 17.7 Å². The first-order valence-corrected chi connectivity index (χ1v) is 6.23. The molecule has 1 aliphatic rings. The van der Waals surface area contributed by atoms with Gasteiger partial charge in [-0.1, -0.05) is 0 Å². The maximum Gasteiger partial charge on any atom is 0.330 e. The number of hydrogen-bond donors (Lipinski definition) is 1. The Morgan fingerprint density at radius 3 is 2.79 bits per heavy atom. The van der Waals surface area contributed by atoms with Crippen molar-refractivity contribution in [2.24, 2.45) is 14.1 Å². The number of nitrogens with zero attached hydrogens (tertiary/aromatic N) is 3. The Morgan fingerprint density at radius 1 is 1.37 bits per heavy atom. The van der Waals surface area contributed by atoms with E-state index in [2.05, 4.69) is 4.90 Å². The fourth-order valence-electron chi connectivity index (χ4n) is 2.19. The summed E-state index contributed by atoms with van der Waals surface area (Å²) in [6.45, 7) is 2.34. The van der Waals surface area contributed by atoms with Crippen molar-refractivity contribution in [3.63, 3.8) is 0 Å². The third kappa shape index (κ3) is 2.94. The van der Waals surface area contributed by atoms with E-state index in [4.69, 9.17) is 9.84 Å². The number of hydrogen-bond acceptors (Lipinski definition) is 5. The number of aliphatic hydroxyl groups excluding tert-OH is 1. The molecule has 7 heteroatoms. The van der Waals surface area contributed by atoms with Crippen molar-refractivity contribution >= 4 is 0 Å². The van der Waals surface area contributed by atoms with Crippen molar-refractivity contribution in [2.75, 3.05) is 26.3 Å². The number of morpholine rings is 1. The molecule has 1 aromatic heterocycles. The average molecular weight is 269 g/mol. The number of ether oxygens (including phenoxy) is 1. The Hall–Kier alpha value is -1.44. The molecule has 7 nitrogen and oxygen atoms in total. The molecule has 0 amide bonds. The Kier molecular flexibility index (Phi) is 4.18. The summed E-state index contributed by atoms with van der Waals surface area (Å²) in [4.78, 5) is 25.5. The molecule has 0 saturated carbocycles. The summed E-state index contributed by atoms with van der Waals surface area (Å²) in [5.41, 5.74) is 0.0474. The molecule has 106 valence electrons. The van der Waals surface area contributed by atoms with Gasteiger partial charge in [0.05, 0.1) is 19.3 Å². The molecular weight excluding hydrogens is 250 g/mol. The van der Waals surface area contributed by atoms with Crippen LogP contribution < -0.4 is 11.2 Å². The number of aromatic nitrogens is 2. The summed E-state index contributed by atoms with van der Waals surface area (Å²) < 4.78 is 7.93. The first-order valence-electron chi connectivity index (χ1n) is 6.23. The lowest BCUT2D eigenvalue weighted by Gasteiger charge is -2.32. The zero-order valence-corrected chi connectivity index (χ0v) is 11.2. The van der Waals surface area contributed by atoms with Gasteiger partial charge < -0.3 is 9.84 Å². The second-order valence-electron chi connectivity index (χ2n) is 4.79. The third-order valence-electron chi connectivity index (χ3n) is 3.44. The zero-order valence-electron chi connectivity index (χ0n) is 11.2. The van der Waals surface area contributed by atoms with Gasteiger partial charge in [-0.05, 0) is 0 Å². The molecule has 1 aliphatic heterocycles. The molecule has 2 heterocycles. The topological polar surface area (TPSA) is 76.7 Å². The minimum Gasteiger partial charge on any atom is -0.394 e. The van der Waals surface area contributed by atoms with Crippen LogP contribution in [0.15, 0.2) is 15.7 Å². The highest BCUT2D eigenvalue weighted by molar-refractivity contribution is 5.02. The second-order valence-corrected chi connectivity index (χ2v) is 4.79. The largest absolute Gasteiger partial charge is 0.394 e. The molecule has 0 aliphatic carbocycles. The van der Waals surface area contributed by atoms with E-state index < -0.39 is 0 Å². The standard InChI is InChI=1S/C12H19N3O4/c1-13-9(5-11(17)14(2)12(13)18)6-15-3-4-19-10(7-15)8-16/h5,10,16H,3-4,6-8H2,1-2H3. The highest BCUT2D eigenvalue weighted by Gasteiger charge is 2.20. The maximum absolute atomic E-state index is 11.8. The maximum atomic E-state index is 11.8. The van der Waals surface area contributed by atoms with Crippen molar-refractivity contribution in [1.29, 1.82) is 0 Å². The van der Waals surface area contributed by atoms with Crippen molar-refractivity contribution in [1.82, 2.24) is 14.0 Å². The Bertz CT molecular complexity index is 563. The monoisotopic (exact) mass is 269 g/mol. The van der Waals surface area contributed by atoms with E-state index in [1.54, 1.807) is 7.05 Å². The van der Waals surface area contributed by atoms with Gasteiger partial charge in [-0.3, -0.25) is 18.8 Å². The van der Waals surface area contributed by atoms with Crippen LogP contribution in [0.4, 0.5) is 0 Å². The summed E-state index contributed by atoms with van der Waals surface area (Å²) in [5, 5.41) is 9.09. The van der Waals surface area contributed by atoms with E-state index in [-0.39, 0.29) is 24.0 Å². The molecule has 0 bridgehead atoms. The van der Waals surface area contributed by atoms with Crippen LogP contribution in [0.1, 0.15) is 5.69 Å². The molecule has 19 heavy (non-hydrogen) atoms. The number of rotatable bonds is 3. The van der Waals surface area contributed by atoms with Gasteiger partial charge in [0.25, 0.3) is 5.56 Å². The van der Waals surface area contributed by atoms with E-state index in [9.17, 15) is 9.59 Å². The van der Waals surface area contributed by atoms with Crippen LogP contribution in [0.5, 0.6) is 0 Å². The van der Waals surface area contributed by atoms with Crippen LogP contribution in [0.2, 0.25) is 0 Å². The summed E-state index contributed by atoms with van der Waals surface area (Å²) in [5.74, 6) is 0. The quantitative estimate of drug-likeness (QED) is 0.706. The van der Waals surface area contributed by atoms with Gasteiger partial charge in [0.1, 0.15) is 0 Å². The minimum absolute atomic E-state index is 0.0218. The first-order chi connectivity index (χ1) is 9.02. The zero-order chi connectivity index (χ0) is 14.0. The molecular formula is C12H19N3O4. The Morgan fingerprint density at radius 2 is 2.11 bits per heavy atom. The van der Waals surface area contributed by atoms with Gasteiger partial charge in [0, 0.05) is 45.5 Å². The van der Waals surface area contributed by atoms with Crippen LogP contribution in [-0.2, 0) is 25.4 Å². The molecule has 0 radical (unpaired) electrons. The lowest BCUT2D eigenvalue weighted by molar-refractivity contribution is -0.0556. The predicted octanol–water partition coefficient (Wildman–Crippen LogP) is -1.72. The van der Waals surface area contributed by atoms with E-state index in [0.29, 0.717) is 25.4 Å². The van der Waals surface area contributed by atoms with E-state index in [0.717, 1.165) is 11.1 Å². The van der Waals surface area contributed by atoms with Crippen molar-refractivity contribution in [3.8, 4) is 0 Å². The summed E-state index contributed by atoms with van der Waals surface area (Å²) >= 11 is 0. The highest BCUT2D eigenvalue weighted by atomic mass is 16.5. The SMILES string of the molecule is Cn1c(CN2CCOC(CO)C2)cc(=O)n(C)c1=O. The van der Waals surface area contributed by atoms with Gasteiger partial charge in [0.2, 0.25) is 0 Å². The van der Waals surface area contributed by atoms with Crippen LogP contribution in [-0.4, -0.2) is 51.5 Å². The van der Waals surface area contributed by atoms with Crippen molar-refractivity contribution in [2.45, 2.75) is 12.6 Å². The molecule has 1 N–H and O–H groups in total. The van der Waals surface area contributed by atoms with Crippen LogP contribution >= 0.6 is 0 Å². The lowest BCUT2D eigenvalue weighted by atomic mass is 10.2. The molecule has 0 aromatic carbocycles. The minimum atomic E-state index is -0.325. The Labute approximate surface area is 110 Å². The highest BCUT2D eigenvalue weighted by Crippen LogP contribution is 2.08. The van der Waals surface area contributed by atoms with Crippen LogP contribution in [0.25, 0.3) is 0 Å². The fraction of sp³-hybridized carbons (Fsp3) is 0.667. The van der Waals surface area contributed by atoms with Gasteiger partial charge >= 0.3 is 5.69 Å². The lowest BCUT2D eigenvalue weighted by Crippen LogP contribution is -2.45. The van der Waals surface area contributed by atoms with E-state index in [1.807, 2.05) is 0 Å². The van der Waals surface area contributed by atoms with Crippen molar-refractivity contribution < 1.29 is 9.84 Å². The normalized spacial score (nSPS) is 20.7. The van der Waals surface area contributed by atoms with Crippen molar-refractivity contribution in [3.05, 3.63) is 32.6 Å². The molecule has 1 saturated heterocycles. The van der Waals surface area contributed by atoms with Gasteiger partial charge in [-0.2, -0.15) is 0 Å². The third-order valence-corrected chi connectivity index (χ3v) is 3.44. The fourth-order valence-corrected chi connectivity index (χ4v) is 2.19. The Balaban J connectivity index is 2.20. The molecule has 1 aromatic rings.